The Morgan fingerprint density at radius 1 is 1.44 bits per heavy atom. The Labute approximate surface area is 102 Å². The molecule has 1 saturated carbocycles. The first-order valence-electron chi connectivity index (χ1n) is 5.85. The third-order valence-corrected chi connectivity index (χ3v) is 3.27. The lowest BCUT2D eigenvalue weighted by atomic mass is 9.89. The van der Waals surface area contributed by atoms with Crippen molar-refractivity contribution in [1.29, 1.82) is 0 Å². The Morgan fingerprint density at radius 3 is 2.88 bits per heavy atom. The Bertz CT molecular complexity index is 361. The second-order valence-electron chi connectivity index (χ2n) is 4.38. The van der Waals surface area contributed by atoms with E-state index in [1.165, 1.54) is 0 Å². The molecule has 1 aliphatic carbocycles. The molecule has 0 saturated heterocycles. The van der Waals surface area contributed by atoms with Crippen LogP contribution in [-0.4, -0.2) is 18.7 Å². The maximum Gasteiger partial charge on any atom is 0.124 e. The highest BCUT2D eigenvalue weighted by Gasteiger charge is 2.30. The van der Waals surface area contributed by atoms with Crippen molar-refractivity contribution in [3.8, 4) is 5.75 Å². The lowest BCUT2D eigenvalue weighted by Gasteiger charge is -2.36. The predicted octanol–water partition coefficient (Wildman–Crippen LogP) is 3.17. The first-order valence-corrected chi connectivity index (χ1v) is 6.23. The molecule has 0 unspecified atom stereocenters. The quantitative estimate of drug-likeness (QED) is 0.872. The Morgan fingerprint density at radius 2 is 2.19 bits per heavy atom. The molecule has 88 valence electrons. The van der Waals surface area contributed by atoms with E-state index in [1.807, 2.05) is 25.1 Å². The zero-order chi connectivity index (χ0) is 11.5. The lowest BCUT2D eigenvalue weighted by Crippen LogP contribution is -2.46. The standard InChI is InChI=1S/C13H18ClNO/c1-3-15-11-7-12(8-11)16-13-6-10(14)5-4-9(13)2/h4-6,11-12,15H,3,7-8H2,1-2H3. The topological polar surface area (TPSA) is 21.3 Å². The van der Waals surface area contributed by atoms with Crippen molar-refractivity contribution < 1.29 is 4.74 Å². The minimum absolute atomic E-state index is 0.348. The van der Waals surface area contributed by atoms with Crippen LogP contribution >= 0.6 is 11.6 Å². The van der Waals surface area contributed by atoms with Crippen LogP contribution in [0.3, 0.4) is 0 Å². The fraction of sp³-hybridized carbons (Fsp3) is 0.538. The Kier molecular flexibility index (Phi) is 3.72. The average molecular weight is 240 g/mol. The van der Waals surface area contributed by atoms with Crippen molar-refractivity contribution in [2.45, 2.75) is 38.8 Å². The Hall–Kier alpha value is -0.730. The zero-order valence-corrected chi connectivity index (χ0v) is 10.6. The molecule has 3 heteroatoms. The number of ether oxygens (including phenoxy) is 1. The third-order valence-electron chi connectivity index (χ3n) is 3.03. The van der Waals surface area contributed by atoms with Gasteiger partial charge in [-0.15, -0.1) is 0 Å². The highest BCUT2D eigenvalue weighted by Crippen LogP contribution is 2.29. The van der Waals surface area contributed by atoms with Crippen molar-refractivity contribution in [1.82, 2.24) is 5.32 Å². The van der Waals surface area contributed by atoms with E-state index in [-0.39, 0.29) is 0 Å². The van der Waals surface area contributed by atoms with Crippen molar-refractivity contribution in [2.24, 2.45) is 0 Å². The summed E-state index contributed by atoms with van der Waals surface area (Å²) in [5, 5.41) is 4.16. The van der Waals surface area contributed by atoms with Crippen molar-refractivity contribution in [3.05, 3.63) is 28.8 Å². The van der Waals surface area contributed by atoms with Gasteiger partial charge in [0.25, 0.3) is 0 Å². The zero-order valence-electron chi connectivity index (χ0n) is 9.79. The molecular weight excluding hydrogens is 222 g/mol. The van der Waals surface area contributed by atoms with Crippen LogP contribution in [-0.2, 0) is 0 Å². The molecule has 2 nitrogen and oxygen atoms in total. The number of halogens is 1. The third kappa shape index (κ3) is 2.69. The summed E-state index contributed by atoms with van der Waals surface area (Å²) < 4.78 is 5.91. The van der Waals surface area contributed by atoms with Crippen LogP contribution in [0.1, 0.15) is 25.3 Å². The summed E-state index contributed by atoms with van der Waals surface area (Å²) in [6.07, 6.45) is 2.54. The minimum atomic E-state index is 0.348. The van der Waals surface area contributed by atoms with Gasteiger partial charge in [-0.2, -0.15) is 0 Å². The molecule has 16 heavy (non-hydrogen) atoms. The number of hydrogen-bond acceptors (Lipinski definition) is 2. The molecule has 0 aliphatic heterocycles. The van der Waals surface area contributed by atoms with E-state index in [0.717, 1.165) is 35.7 Å². The fourth-order valence-corrected chi connectivity index (χ4v) is 2.16. The second-order valence-corrected chi connectivity index (χ2v) is 4.81. The van der Waals surface area contributed by atoms with Crippen molar-refractivity contribution >= 4 is 11.6 Å². The van der Waals surface area contributed by atoms with Crippen molar-refractivity contribution in [3.63, 3.8) is 0 Å². The first kappa shape index (κ1) is 11.7. The van der Waals surface area contributed by atoms with Gasteiger partial charge in [0.1, 0.15) is 11.9 Å². The van der Waals surface area contributed by atoms with Gasteiger partial charge in [0.2, 0.25) is 0 Å². The van der Waals surface area contributed by atoms with Gasteiger partial charge in [-0.05, 0) is 44.0 Å². The van der Waals surface area contributed by atoms with Crippen LogP contribution in [0.5, 0.6) is 5.75 Å². The van der Waals surface area contributed by atoms with E-state index in [1.54, 1.807) is 0 Å². The summed E-state index contributed by atoms with van der Waals surface area (Å²) in [6.45, 7) is 5.22. The average Bonchev–Trinajstić information content (AvgIpc) is 2.20. The summed E-state index contributed by atoms with van der Waals surface area (Å²) in [7, 11) is 0. The van der Waals surface area contributed by atoms with Gasteiger partial charge in [-0.25, -0.2) is 0 Å². The smallest absolute Gasteiger partial charge is 0.124 e. The van der Waals surface area contributed by atoms with E-state index < -0.39 is 0 Å². The summed E-state index contributed by atoms with van der Waals surface area (Å²) >= 11 is 5.95. The number of aryl methyl sites for hydroxylation is 1. The monoisotopic (exact) mass is 239 g/mol. The van der Waals surface area contributed by atoms with E-state index in [2.05, 4.69) is 12.2 Å². The molecule has 1 aromatic rings. The normalized spacial score (nSPS) is 23.9. The number of rotatable bonds is 4. The van der Waals surface area contributed by atoms with Gasteiger partial charge in [-0.1, -0.05) is 24.6 Å². The maximum absolute atomic E-state index is 5.95. The molecule has 0 amide bonds. The molecule has 0 bridgehead atoms. The van der Waals surface area contributed by atoms with Crippen LogP contribution in [0.4, 0.5) is 0 Å². The molecular formula is C13H18ClNO. The molecule has 0 aromatic heterocycles. The summed E-state index contributed by atoms with van der Waals surface area (Å²) in [4.78, 5) is 0. The van der Waals surface area contributed by atoms with E-state index in [0.29, 0.717) is 12.1 Å². The van der Waals surface area contributed by atoms with Crippen LogP contribution in [0.25, 0.3) is 0 Å². The molecule has 1 fully saturated rings. The van der Waals surface area contributed by atoms with Crippen LogP contribution in [0, 0.1) is 6.92 Å². The SMILES string of the molecule is CCNC1CC(Oc2cc(Cl)ccc2C)C1. The molecule has 0 heterocycles. The number of benzene rings is 1. The van der Waals surface area contributed by atoms with Crippen LogP contribution < -0.4 is 10.1 Å². The molecule has 1 aromatic carbocycles. The predicted molar refractivity (Wildman–Crippen MR) is 67.3 cm³/mol. The number of nitrogens with one attached hydrogen (secondary N) is 1. The number of hydrogen-bond donors (Lipinski definition) is 1. The van der Waals surface area contributed by atoms with Gasteiger partial charge in [-0.3, -0.25) is 0 Å². The molecule has 1 N–H and O–H groups in total. The van der Waals surface area contributed by atoms with E-state index >= 15 is 0 Å². The van der Waals surface area contributed by atoms with E-state index in [9.17, 15) is 0 Å². The summed E-state index contributed by atoms with van der Waals surface area (Å²) in [5.41, 5.74) is 1.15. The van der Waals surface area contributed by atoms with E-state index in [4.69, 9.17) is 16.3 Å². The molecule has 2 rings (SSSR count). The molecule has 0 radical (unpaired) electrons. The van der Waals surface area contributed by atoms with Gasteiger partial charge in [0, 0.05) is 11.1 Å². The van der Waals surface area contributed by atoms with Crippen LogP contribution in [0.2, 0.25) is 5.02 Å². The Balaban J connectivity index is 1.89. The fourth-order valence-electron chi connectivity index (χ4n) is 2.00. The second kappa shape index (κ2) is 5.07. The first-order chi connectivity index (χ1) is 7.69. The lowest BCUT2D eigenvalue weighted by molar-refractivity contribution is 0.0853. The highest BCUT2D eigenvalue weighted by atomic mass is 35.5. The van der Waals surface area contributed by atoms with Gasteiger partial charge >= 0.3 is 0 Å². The van der Waals surface area contributed by atoms with Gasteiger partial charge in [0.05, 0.1) is 0 Å². The minimum Gasteiger partial charge on any atom is -0.490 e. The summed E-state index contributed by atoms with van der Waals surface area (Å²) in [6, 6.07) is 6.43. The highest BCUT2D eigenvalue weighted by molar-refractivity contribution is 6.30. The van der Waals surface area contributed by atoms with Crippen molar-refractivity contribution in [2.75, 3.05) is 6.54 Å². The molecule has 0 spiro atoms. The van der Waals surface area contributed by atoms with Crippen LogP contribution in [0.15, 0.2) is 18.2 Å². The van der Waals surface area contributed by atoms with Gasteiger partial charge < -0.3 is 10.1 Å². The molecule has 1 aliphatic rings. The summed E-state index contributed by atoms with van der Waals surface area (Å²) in [5.74, 6) is 0.924. The maximum atomic E-state index is 5.95. The van der Waals surface area contributed by atoms with Gasteiger partial charge in [0.15, 0.2) is 0 Å². The molecule has 0 atom stereocenters. The largest absolute Gasteiger partial charge is 0.490 e.